The lowest BCUT2D eigenvalue weighted by molar-refractivity contribution is 0.0683. The Morgan fingerprint density at radius 3 is 2.42 bits per heavy atom. The van der Waals surface area contributed by atoms with E-state index in [0.29, 0.717) is 0 Å². The maximum absolute atomic E-state index is 11.8. The minimum atomic E-state index is -1.25. The van der Waals surface area contributed by atoms with Gasteiger partial charge in [-0.1, -0.05) is 29.8 Å². The van der Waals surface area contributed by atoms with Gasteiger partial charge in [-0.05, 0) is 12.5 Å². The van der Waals surface area contributed by atoms with Crippen LogP contribution in [0.15, 0.2) is 41.2 Å². The Kier molecular flexibility index (Phi) is 3.37. The highest BCUT2D eigenvalue weighted by Crippen LogP contribution is 2.11. The lowest BCUT2D eigenvalue weighted by Crippen LogP contribution is -2.25. The lowest BCUT2D eigenvalue weighted by Gasteiger charge is -2.10. The number of carboxylic acid groups (broad SMARTS) is 1. The van der Waals surface area contributed by atoms with Gasteiger partial charge in [0.15, 0.2) is 0 Å². The number of hydrogen-bond donors (Lipinski definition) is 2. The highest BCUT2D eigenvalue weighted by atomic mass is 16.4. The van der Waals surface area contributed by atoms with Crippen LogP contribution in [0.3, 0.4) is 0 Å². The van der Waals surface area contributed by atoms with Crippen LogP contribution in [0, 0.1) is 6.92 Å². The van der Waals surface area contributed by atoms with Crippen LogP contribution in [0.4, 0.5) is 0 Å². The first-order valence-electron chi connectivity index (χ1n) is 5.70. The minimum absolute atomic E-state index is 0.154. The molecule has 0 fully saturated rings. The summed E-state index contributed by atoms with van der Waals surface area (Å²) in [7, 11) is 0. The van der Waals surface area contributed by atoms with Gasteiger partial charge in [0.2, 0.25) is 0 Å². The van der Waals surface area contributed by atoms with Gasteiger partial charge in [0.25, 0.3) is 5.56 Å². The molecule has 1 aromatic heterocycles. The summed E-state index contributed by atoms with van der Waals surface area (Å²) in [5, 5.41) is 18.4. The average molecular weight is 259 g/mol. The van der Waals surface area contributed by atoms with E-state index in [1.54, 1.807) is 0 Å². The van der Waals surface area contributed by atoms with Gasteiger partial charge < -0.3 is 10.2 Å². The molecule has 2 rings (SSSR count). The molecule has 0 unspecified atom stereocenters. The van der Waals surface area contributed by atoms with Crippen LogP contribution in [0.5, 0.6) is 5.75 Å². The summed E-state index contributed by atoms with van der Waals surface area (Å²) in [6.45, 7) is 2.10. The Morgan fingerprint density at radius 2 is 1.84 bits per heavy atom. The molecule has 0 bridgehead atoms. The van der Waals surface area contributed by atoms with E-state index in [-0.39, 0.29) is 18.0 Å². The first-order chi connectivity index (χ1) is 8.97. The third-order valence-electron chi connectivity index (χ3n) is 2.79. The Balaban J connectivity index is 2.47. The van der Waals surface area contributed by atoms with Crippen molar-refractivity contribution in [3.63, 3.8) is 0 Å². The average Bonchev–Trinajstić information content (AvgIpc) is 2.34. The van der Waals surface area contributed by atoms with Crippen LogP contribution in [0.2, 0.25) is 0 Å². The molecule has 0 aliphatic rings. The molecule has 0 radical (unpaired) electrons. The van der Waals surface area contributed by atoms with Crippen molar-refractivity contribution in [3.05, 3.63) is 63.6 Å². The molecule has 2 N–H and O–H groups in total. The number of hydrogen-bond acceptors (Lipinski definition) is 3. The number of aryl methyl sites for hydroxylation is 1. The van der Waals surface area contributed by atoms with Crippen molar-refractivity contribution in [2.45, 2.75) is 13.5 Å². The number of aromatic nitrogens is 1. The number of benzene rings is 1. The van der Waals surface area contributed by atoms with E-state index in [1.165, 1.54) is 0 Å². The smallest absolute Gasteiger partial charge is 0.352 e. The van der Waals surface area contributed by atoms with Crippen molar-refractivity contribution >= 4 is 5.97 Å². The molecular weight excluding hydrogens is 246 g/mol. The molecule has 5 nitrogen and oxygen atoms in total. The van der Waals surface area contributed by atoms with Crippen molar-refractivity contribution < 1.29 is 15.0 Å². The predicted molar refractivity (Wildman–Crippen MR) is 69.6 cm³/mol. The number of carboxylic acids is 1. The number of aromatic hydroxyl groups is 1. The van der Waals surface area contributed by atoms with Gasteiger partial charge in [0.05, 0.1) is 6.54 Å². The Labute approximate surface area is 109 Å². The third-order valence-corrected chi connectivity index (χ3v) is 2.79. The van der Waals surface area contributed by atoms with Crippen LogP contribution in [0.25, 0.3) is 0 Å². The zero-order valence-electron chi connectivity index (χ0n) is 10.3. The fourth-order valence-electron chi connectivity index (χ4n) is 1.80. The summed E-state index contributed by atoms with van der Waals surface area (Å²) in [4.78, 5) is 22.9. The third kappa shape index (κ3) is 2.82. The van der Waals surface area contributed by atoms with Gasteiger partial charge in [-0.2, -0.15) is 0 Å². The van der Waals surface area contributed by atoms with Crippen LogP contribution >= 0.6 is 0 Å². The van der Waals surface area contributed by atoms with E-state index < -0.39 is 11.5 Å². The zero-order valence-corrected chi connectivity index (χ0v) is 10.3. The van der Waals surface area contributed by atoms with Gasteiger partial charge in [-0.25, -0.2) is 4.79 Å². The number of rotatable bonds is 3. The first-order valence-corrected chi connectivity index (χ1v) is 5.70. The molecule has 0 atom stereocenters. The van der Waals surface area contributed by atoms with E-state index >= 15 is 0 Å². The van der Waals surface area contributed by atoms with Gasteiger partial charge in [-0.3, -0.25) is 9.36 Å². The van der Waals surface area contributed by atoms with Crippen molar-refractivity contribution in [2.75, 3.05) is 0 Å². The van der Waals surface area contributed by atoms with E-state index in [2.05, 4.69) is 0 Å². The number of nitrogens with zero attached hydrogens (tertiary/aromatic N) is 1. The fraction of sp³-hybridized carbons (Fsp3) is 0.143. The molecule has 2 aromatic rings. The fourth-order valence-corrected chi connectivity index (χ4v) is 1.80. The predicted octanol–water partition coefficient (Wildman–Crippen LogP) is 1.61. The van der Waals surface area contributed by atoms with Gasteiger partial charge in [0.1, 0.15) is 11.4 Å². The summed E-state index contributed by atoms with van der Waals surface area (Å²) in [6, 6.07) is 9.52. The Morgan fingerprint density at radius 1 is 1.21 bits per heavy atom. The molecule has 0 amide bonds. The van der Waals surface area contributed by atoms with Crippen molar-refractivity contribution in [1.82, 2.24) is 4.57 Å². The van der Waals surface area contributed by atoms with E-state index in [4.69, 9.17) is 5.11 Å². The summed E-state index contributed by atoms with van der Waals surface area (Å²) in [5.74, 6) is -1.59. The second kappa shape index (κ2) is 4.97. The van der Waals surface area contributed by atoms with Gasteiger partial charge in [0, 0.05) is 12.1 Å². The van der Waals surface area contributed by atoms with E-state index in [1.807, 2.05) is 31.2 Å². The molecule has 98 valence electrons. The molecular formula is C14H13NO4. The van der Waals surface area contributed by atoms with Crippen LogP contribution in [0.1, 0.15) is 21.6 Å². The SMILES string of the molecule is Cc1ccc(Cn2c(C(=O)O)cc(O)cc2=O)cc1. The monoisotopic (exact) mass is 259 g/mol. The van der Waals surface area contributed by atoms with Crippen molar-refractivity contribution in [1.29, 1.82) is 0 Å². The topological polar surface area (TPSA) is 79.5 Å². The molecule has 5 heteroatoms. The number of pyridine rings is 1. The molecule has 1 aromatic carbocycles. The standard InChI is InChI=1S/C14H13NO4/c1-9-2-4-10(5-3-9)8-15-12(14(18)19)6-11(16)7-13(15)17/h2-7,16H,8H2,1H3,(H,18,19). The number of carbonyl (C=O) groups is 1. The summed E-state index contributed by atoms with van der Waals surface area (Å²) >= 11 is 0. The van der Waals surface area contributed by atoms with E-state index in [9.17, 15) is 14.7 Å². The summed E-state index contributed by atoms with van der Waals surface area (Å²) in [5.41, 5.74) is 1.13. The first kappa shape index (κ1) is 12.9. The largest absolute Gasteiger partial charge is 0.508 e. The van der Waals surface area contributed by atoms with Crippen molar-refractivity contribution in [2.24, 2.45) is 0 Å². The molecule has 0 saturated carbocycles. The zero-order chi connectivity index (χ0) is 14.0. The molecule has 0 aliphatic carbocycles. The second-order valence-electron chi connectivity index (χ2n) is 4.31. The maximum Gasteiger partial charge on any atom is 0.352 e. The second-order valence-corrected chi connectivity index (χ2v) is 4.31. The Bertz CT molecular complexity index is 671. The van der Waals surface area contributed by atoms with Crippen LogP contribution in [-0.2, 0) is 6.54 Å². The quantitative estimate of drug-likeness (QED) is 0.877. The minimum Gasteiger partial charge on any atom is -0.508 e. The van der Waals surface area contributed by atoms with Crippen LogP contribution in [-0.4, -0.2) is 20.7 Å². The number of aromatic carboxylic acids is 1. The molecule has 1 heterocycles. The summed E-state index contributed by atoms with van der Waals surface area (Å²) in [6.07, 6.45) is 0. The van der Waals surface area contributed by atoms with Crippen LogP contribution < -0.4 is 5.56 Å². The highest BCUT2D eigenvalue weighted by molar-refractivity contribution is 5.86. The van der Waals surface area contributed by atoms with Crippen molar-refractivity contribution in [3.8, 4) is 5.75 Å². The molecule has 0 saturated heterocycles. The van der Waals surface area contributed by atoms with E-state index in [0.717, 1.165) is 27.8 Å². The summed E-state index contributed by atoms with van der Waals surface area (Å²) < 4.78 is 1.12. The maximum atomic E-state index is 11.8. The molecule has 19 heavy (non-hydrogen) atoms. The molecule has 0 spiro atoms. The highest BCUT2D eigenvalue weighted by Gasteiger charge is 2.13. The lowest BCUT2D eigenvalue weighted by atomic mass is 10.1. The van der Waals surface area contributed by atoms with Gasteiger partial charge >= 0.3 is 5.97 Å². The van der Waals surface area contributed by atoms with Gasteiger partial charge in [-0.15, -0.1) is 0 Å². The Hall–Kier alpha value is -2.56. The molecule has 0 aliphatic heterocycles. The normalized spacial score (nSPS) is 10.4.